The van der Waals surface area contributed by atoms with E-state index in [0.717, 1.165) is 58.3 Å². The lowest BCUT2D eigenvalue weighted by atomic mass is 10.0. The van der Waals surface area contributed by atoms with Gasteiger partial charge in [0.2, 0.25) is 12.3 Å². The molecule has 4 heterocycles. The number of rotatable bonds is 10. The van der Waals surface area contributed by atoms with Crippen LogP contribution in [-0.4, -0.2) is 59.9 Å². The van der Waals surface area contributed by atoms with Gasteiger partial charge in [0, 0.05) is 29.4 Å². The Balaban J connectivity index is 0.000000189. The van der Waals surface area contributed by atoms with E-state index in [0.29, 0.717) is 35.6 Å². The van der Waals surface area contributed by atoms with Crippen molar-refractivity contribution in [3.05, 3.63) is 108 Å². The molecule has 12 heteroatoms. The van der Waals surface area contributed by atoms with Gasteiger partial charge in [0.25, 0.3) is 0 Å². The van der Waals surface area contributed by atoms with E-state index in [1.165, 1.54) is 4.88 Å². The van der Waals surface area contributed by atoms with Crippen LogP contribution < -0.4 is 11.1 Å². The van der Waals surface area contributed by atoms with E-state index in [1.807, 2.05) is 66.6 Å². The average molecular weight is 743 g/mol. The molecule has 0 radical (unpaired) electrons. The number of carbonyl (C=O) groups is 2. The first-order chi connectivity index (χ1) is 26.0. The summed E-state index contributed by atoms with van der Waals surface area (Å²) in [5.41, 5.74) is 16.2. The van der Waals surface area contributed by atoms with Crippen LogP contribution in [0.25, 0.3) is 44.0 Å². The molecule has 0 spiro atoms. The minimum absolute atomic E-state index is 0.0746. The molecule has 1 fully saturated rings. The third kappa shape index (κ3) is 8.50. The number of amides is 2. The van der Waals surface area contributed by atoms with Crippen LogP contribution in [0.15, 0.2) is 96.8 Å². The van der Waals surface area contributed by atoms with Gasteiger partial charge in [-0.3, -0.25) is 14.3 Å². The molecule has 1 aliphatic rings. The molecule has 0 bridgehead atoms. The molecule has 0 saturated carbocycles. The monoisotopic (exact) mass is 742 g/mol. The molecule has 1 saturated heterocycles. The van der Waals surface area contributed by atoms with E-state index in [4.69, 9.17) is 5.73 Å². The number of nitrogens with zero attached hydrogens (tertiary/aromatic N) is 6. The number of nitrogens with one attached hydrogen (secondary N) is 1. The zero-order chi connectivity index (χ0) is 38.4. The first-order valence-electron chi connectivity index (χ1n) is 18.1. The predicted octanol–water partition coefficient (Wildman–Crippen LogP) is 8.10. The minimum atomic E-state index is -0.330. The summed E-state index contributed by atoms with van der Waals surface area (Å²) in [6.45, 7) is 11.2. The fourth-order valence-electron chi connectivity index (χ4n) is 6.40. The van der Waals surface area contributed by atoms with Gasteiger partial charge in [0.1, 0.15) is 11.8 Å². The second-order valence-corrected chi connectivity index (χ2v) is 14.8. The molecule has 3 aromatic heterocycles. The number of aryl methyl sites for hydroxylation is 1. The number of nitrogens with two attached hydrogens (primary N) is 1. The molecular weight excluding hydrogens is 697 g/mol. The molecule has 4 N–H and O–H groups in total. The van der Waals surface area contributed by atoms with Crippen LogP contribution in [0.1, 0.15) is 63.9 Å². The fourth-order valence-corrected chi connectivity index (χ4v) is 7.22. The molecule has 3 aromatic carbocycles. The number of likely N-dealkylation sites (tertiary alicyclic amines) is 1. The van der Waals surface area contributed by atoms with E-state index in [-0.39, 0.29) is 23.7 Å². The molecule has 6 aromatic rings. The second-order valence-electron chi connectivity index (χ2n) is 13.9. The van der Waals surface area contributed by atoms with Crippen LogP contribution in [-0.2, 0) is 9.59 Å². The smallest absolute Gasteiger partial charge is 0.243 e. The number of para-hydroxylation sites is 1. The van der Waals surface area contributed by atoms with Gasteiger partial charge >= 0.3 is 0 Å². The molecule has 3 unspecified atom stereocenters. The van der Waals surface area contributed by atoms with E-state index in [1.54, 1.807) is 34.4 Å². The van der Waals surface area contributed by atoms with Crippen LogP contribution in [0.2, 0.25) is 0 Å². The summed E-state index contributed by atoms with van der Waals surface area (Å²) in [6, 6.07) is 25.1. The Labute approximate surface area is 319 Å². The zero-order valence-electron chi connectivity index (χ0n) is 31.2. The van der Waals surface area contributed by atoms with E-state index >= 15 is 0 Å². The van der Waals surface area contributed by atoms with Crippen LogP contribution in [0, 0.1) is 12.8 Å². The van der Waals surface area contributed by atoms with E-state index < -0.39 is 0 Å². The summed E-state index contributed by atoms with van der Waals surface area (Å²) >= 11 is 1.63. The van der Waals surface area contributed by atoms with Crippen LogP contribution >= 0.6 is 11.3 Å². The number of aromatic hydroxyl groups is 1. The van der Waals surface area contributed by atoms with Gasteiger partial charge in [-0.25, -0.2) is 4.98 Å². The van der Waals surface area contributed by atoms with Crippen molar-refractivity contribution in [2.45, 2.75) is 65.6 Å². The summed E-state index contributed by atoms with van der Waals surface area (Å²) < 4.78 is 2.01. The fraction of sp³-hybridized carbons (Fsp3) is 0.286. The highest BCUT2D eigenvalue weighted by Crippen LogP contribution is 2.33. The third-order valence-corrected chi connectivity index (χ3v) is 11.0. The number of carbonyl (C=O) groups excluding carboxylic acids is 2. The van der Waals surface area contributed by atoms with Crippen molar-refractivity contribution in [1.29, 1.82) is 0 Å². The lowest BCUT2D eigenvalue weighted by Crippen LogP contribution is -2.43. The Morgan fingerprint density at radius 3 is 2.31 bits per heavy atom. The van der Waals surface area contributed by atoms with Crippen molar-refractivity contribution in [2.75, 3.05) is 12.3 Å². The summed E-state index contributed by atoms with van der Waals surface area (Å²) in [5, 5.41) is 25.9. The third-order valence-electron chi connectivity index (χ3n) is 10.0. The maximum atomic E-state index is 12.4. The first-order valence-corrected chi connectivity index (χ1v) is 19.0. The molecule has 278 valence electrons. The van der Waals surface area contributed by atoms with Gasteiger partial charge in [-0.2, -0.15) is 5.10 Å². The Hall–Kier alpha value is -5.88. The van der Waals surface area contributed by atoms with Crippen molar-refractivity contribution < 1.29 is 14.7 Å². The number of nitrogen functional groups attached to an aromatic ring is 1. The van der Waals surface area contributed by atoms with Gasteiger partial charge < -0.3 is 21.1 Å². The SMILES string of the molecule is CC(C)C(C)n1cc(-c2ccc(-c3cc(-c4ccccc4O)nnc3N)cc2)cn1.Cc1ncsc1-c1ccc(C(C)NC(=O)C2CCCN2C=O)cc1. The number of hydrogen-bond donors (Lipinski definition) is 3. The number of hydrogen-bond acceptors (Lipinski definition) is 9. The maximum absolute atomic E-state index is 12.4. The van der Waals surface area contributed by atoms with Crippen LogP contribution in [0.4, 0.5) is 5.82 Å². The number of phenols is 1. The molecule has 7 rings (SSSR count). The molecule has 54 heavy (non-hydrogen) atoms. The molecule has 2 amide bonds. The first kappa shape index (κ1) is 37.9. The largest absolute Gasteiger partial charge is 0.507 e. The maximum Gasteiger partial charge on any atom is 0.243 e. The van der Waals surface area contributed by atoms with E-state index in [2.05, 4.69) is 76.8 Å². The summed E-state index contributed by atoms with van der Waals surface area (Å²) in [7, 11) is 0. The topological polar surface area (TPSA) is 152 Å². The van der Waals surface area contributed by atoms with Crippen molar-refractivity contribution in [1.82, 2.24) is 35.2 Å². The Morgan fingerprint density at radius 1 is 0.944 bits per heavy atom. The molecule has 11 nitrogen and oxygen atoms in total. The standard InChI is InChI=1S/C24H25N5O.C18H21N3O2S/c1-15(2)16(3)29-14-19(13-26-29)17-8-10-18(11-9-17)21-12-22(27-28-24(21)25)20-6-4-5-7-23(20)30;1-12(20-18(23)16-4-3-9-21(16)11-22)14-5-7-15(8-6-14)17-13(2)19-10-24-17/h4-16,30H,1-3H3,(H2,25,28);5-8,10-12,16H,3-4,9H2,1-2H3,(H,20,23). The number of benzene rings is 3. The average Bonchev–Trinajstić information content (AvgIpc) is 3.97. The molecule has 3 atom stereocenters. The van der Waals surface area contributed by atoms with Crippen molar-refractivity contribution >= 4 is 29.5 Å². The van der Waals surface area contributed by atoms with Crippen molar-refractivity contribution in [3.8, 4) is 49.7 Å². The highest BCUT2D eigenvalue weighted by molar-refractivity contribution is 7.13. The minimum Gasteiger partial charge on any atom is -0.507 e. The highest BCUT2D eigenvalue weighted by Gasteiger charge is 2.30. The number of aromatic nitrogens is 5. The molecular formula is C42H46N8O3S. The number of phenolic OH excluding ortho intramolecular Hbond substituents is 1. The number of thiazole rings is 1. The Kier molecular flexibility index (Phi) is 11.8. The lowest BCUT2D eigenvalue weighted by Gasteiger charge is -2.22. The normalized spacial score (nSPS) is 15.0. The summed E-state index contributed by atoms with van der Waals surface area (Å²) in [6.07, 6.45) is 6.37. The summed E-state index contributed by atoms with van der Waals surface area (Å²) in [5.74, 6) is 0.945. The van der Waals surface area contributed by atoms with Crippen LogP contribution in [0.3, 0.4) is 0 Å². The lowest BCUT2D eigenvalue weighted by molar-refractivity contribution is -0.131. The predicted molar refractivity (Wildman–Crippen MR) is 214 cm³/mol. The second kappa shape index (κ2) is 16.9. The van der Waals surface area contributed by atoms with Gasteiger partial charge in [-0.1, -0.05) is 74.5 Å². The number of anilines is 1. The van der Waals surface area contributed by atoms with Crippen LogP contribution in [0.5, 0.6) is 5.75 Å². The quantitative estimate of drug-likeness (QED) is 0.119. The van der Waals surface area contributed by atoms with Gasteiger partial charge in [0.05, 0.1) is 40.1 Å². The molecule has 0 aliphatic carbocycles. The molecule has 1 aliphatic heterocycles. The zero-order valence-corrected chi connectivity index (χ0v) is 32.0. The Morgan fingerprint density at radius 2 is 1.65 bits per heavy atom. The van der Waals surface area contributed by atoms with E-state index in [9.17, 15) is 14.7 Å². The van der Waals surface area contributed by atoms with Gasteiger partial charge in [0.15, 0.2) is 5.82 Å². The van der Waals surface area contributed by atoms with Crippen molar-refractivity contribution in [2.24, 2.45) is 5.92 Å². The Bertz CT molecular complexity index is 2200. The van der Waals surface area contributed by atoms with Gasteiger partial charge in [-0.15, -0.1) is 21.5 Å². The van der Waals surface area contributed by atoms with Crippen molar-refractivity contribution in [3.63, 3.8) is 0 Å². The highest BCUT2D eigenvalue weighted by atomic mass is 32.1. The summed E-state index contributed by atoms with van der Waals surface area (Å²) in [4.78, 5) is 30.4. The van der Waals surface area contributed by atoms with Gasteiger partial charge in [-0.05, 0) is 80.0 Å².